The van der Waals surface area contributed by atoms with Crippen molar-refractivity contribution in [3.8, 4) is 11.3 Å². The average molecular weight is 330 g/mol. The van der Waals surface area contributed by atoms with E-state index in [1.54, 1.807) is 11.5 Å². The van der Waals surface area contributed by atoms with Crippen molar-refractivity contribution in [3.05, 3.63) is 46.3 Å². The Morgan fingerprint density at radius 1 is 1.42 bits per heavy atom. The Morgan fingerprint density at radius 2 is 2.21 bits per heavy atom. The molecule has 0 spiro atoms. The van der Waals surface area contributed by atoms with Crippen molar-refractivity contribution in [3.63, 3.8) is 0 Å². The maximum absolute atomic E-state index is 14.4. The fraction of sp³-hybridized carbons (Fsp3) is 0.250. The van der Waals surface area contributed by atoms with E-state index < -0.39 is 17.2 Å². The van der Waals surface area contributed by atoms with Crippen LogP contribution in [-0.2, 0) is 11.3 Å². The van der Waals surface area contributed by atoms with E-state index in [0.29, 0.717) is 17.8 Å². The lowest BCUT2D eigenvalue weighted by Crippen LogP contribution is -2.21. The van der Waals surface area contributed by atoms with Crippen LogP contribution in [0.3, 0.4) is 0 Å². The number of aryl methyl sites for hydroxylation is 1. The monoisotopic (exact) mass is 330 g/mol. The van der Waals surface area contributed by atoms with E-state index in [9.17, 15) is 14.0 Å². The van der Waals surface area contributed by atoms with Crippen molar-refractivity contribution in [2.45, 2.75) is 20.4 Å². The number of carbonyl (C=O) groups is 1. The molecular formula is C16H15FN4O3. The lowest BCUT2D eigenvalue weighted by Gasteiger charge is -2.12. The van der Waals surface area contributed by atoms with E-state index >= 15 is 0 Å². The zero-order chi connectivity index (χ0) is 17.3. The molecule has 124 valence electrons. The highest BCUT2D eigenvalue weighted by atomic mass is 19.1. The molecule has 24 heavy (non-hydrogen) atoms. The summed E-state index contributed by atoms with van der Waals surface area (Å²) in [6.45, 7) is 4.08. The van der Waals surface area contributed by atoms with Crippen LogP contribution in [0.2, 0.25) is 0 Å². The molecule has 3 aromatic heterocycles. The first-order valence-electron chi connectivity index (χ1n) is 7.46. The van der Waals surface area contributed by atoms with Crippen LogP contribution < -0.4 is 5.43 Å². The number of pyridine rings is 2. The fourth-order valence-corrected chi connectivity index (χ4v) is 2.46. The molecule has 3 heterocycles. The largest absolute Gasteiger partial charge is 0.462 e. The zero-order valence-corrected chi connectivity index (χ0v) is 13.2. The predicted octanol–water partition coefficient (Wildman–Crippen LogP) is 2.12. The van der Waals surface area contributed by atoms with Gasteiger partial charge < -0.3 is 9.30 Å². The van der Waals surface area contributed by atoms with E-state index in [-0.39, 0.29) is 23.3 Å². The molecule has 0 aliphatic rings. The number of halogens is 1. The lowest BCUT2D eigenvalue weighted by molar-refractivity contribution is 0.0524. The molecule has 0 aromatic carbocycles. The Labute approximate surface area is 136 Å². The van der Waals surface area contributed by atoms with Gasteiger partial charge in [-0.25, -0.2) is 14.2 Å². The first-order valence-corrected chi connectivity index (χ1v) is 7.46. The highest BCUT2D eigenvalue weighted by Gasteiger charge is 2.19. The number of aromatic nitrogens is 4. The number of ether oxygens (including phenoxy) is 1. The fourth-order valence-electron chi connectivity index (χ4n) is 2.46. The summed E-state index contributed by atoms with van der Waals surface area (Å²) >= 11 is 0. The normalized spacial score (nSPS) is 11.0. The molecular weight excluding hydrogens is 315 g/mol. The highest BCUT2D eigenvalue weighted by molar-refractivity contribution is 5.93. The van der Waals surface area contributed by atoms with Crippen molar-refractivity contribution < 1.29 is 13.9 Å². The molecule has 3 rings (SSSR count). The Kier molecular flexibility index (Phi) is 4.11. The van der Waals surface area contributed by atoms with Gasteiger partial charge in [0.25, 0.3) is 0 Å². The summed E-state index contributed by atoms with van der Waals surface area (Å²) in [7, 11) is 0. The quantitative estimate of drug-likeness (QED) is 0.740. The van der Waals surface area contributed by atoms with Gasteiger partial charge >= 0.3 is 5.97 Å². The van der Waals surface area contributed by atoms with Crippen molar-refractivity contribution in [2.24, 2.45) is 0 Å². The number of nitrogens with one attached hydrogen (secondary N) is 1. The summed E-state index contributed by atoms with van der Waals surface area (Å²) in [6.07, 6.45) is 4.35. The number of H-pyrrole nitrogens is 1. The third-order valence-corrected chi connectivity index (χ3v) is 3.61. The molecule has 8 heteroatoms. The van der Waals surface area contributed by atoms with Crippen molar-refractivity contribution in [2.75, 3.05) is 6.61 Å². The first-order chi connectivity index (χ1) is 11.6. The van der Waals surface area contributed by atoms with Crippen LogP contribution in [0.4, 0.5) is 4.39 Å². The molecule has 0 unspecified atom stereocenters. The van der Waals surface area contributed by atoms with Gasteiger partial charge in [-0.1, -0.05) is 0 Å². The smallest absolute Gasteiger partial charge is 0.343 e. The Morgan fingerprint density at radius 3 is 2.83 bits per heavy atom. The van der Waals surface area contributed by atoms with Gasteiger partial charge in [-0.15, -0.1) is 0 Å². The van der Waals surface area contributed by atoms with Crippen molar-refractivity contribution >= 4 is 17.0 Å². The number of hydrogen-bond acceptors (Lipinski definition) is 5. The van der Waals surface area contributed by atoms with Crippen LogP contribution in [0, 0.1) is 5.82 Å². The number of fused-ring (bicyclic) bond motifs is 1. The van der Waals surface area contributed by atoms with E-state index in [0.717, 1.165) is 6.07 Å². The summed E-state index contributed by atoms with van der Waals surface area (Å²) in [5, 5.41) is 6.41. The molecule has 1 N–H and O–H groups in total. The van der Waals surface area contributed by atoms with Gasteiger partial charge in [0.05, 0.1) is 18.2 Å². The van der Waals surface area contributed by atoms with Crippen LogP contribution in [0.25, 0.3) is 22.3 Å². The SMILES string of the molecule is CCOC(=O)c1cn(CC)c2nc(-c3cn[nH]c3)c(F)cc2c1=O. The number of hydrogen-bond donors (Lipinski definition) is 1. The van der Waals surface area contributed by atoms with E-state index in [4.69, 9.17) is 4.74 Å². The molecule has 0 radical (unpaired) electrons. The van der Waals surface area contributed by atoms with Crippen LogP contribution in [0.5, 0.6) is 0 Å². The van der Waals surface area contributed by atoms with Gasteiger partial charge in [-0.2, -0.15) is 5.10 Å². The van der Waals surface area contributed by atoms with E-state index in [1.807, 2.05) is 6.92 Å². The summed E-state index contributed by atoms with van der Waals surface area (Å²) < 4.78 is 20.9. The first kappa shape index (κ1) is 15.9. The maximum Gasteiger partial charge on any atom is 0.343 e. The van der Waals surface area contributed by atoms with Crippen LogP contribution in [0.15, 0.2) is 29.5 Å². The van der Waals surface area contributed by atoms with E-state index in [2.05, 4.69) is 15.2 Å². The molecule has 0 aliphatic heterocycles. The molecule has 0 bridgehead atoms. The minimum absolute atomic E-state index is 0.0344. The lowest BCUT2D eigenvalue weighted by atomic mass is 10.1. The second-order valence-electron chi connectivity index (χ2n) is 5.06. The number of esters is 1. The molecule has 0 amide bonds. The average Bonchev–Trinajstić information content (AvgIpc) is 3.09. The summed E-state index contributed by atoms with van der Waals surface area (Å²) in [4.78, 5) is 28.7. The van der Waals surface area contributed by atoms with Gasteiger partial charge in [0.2, 0.25) is 5.43 Å². The Balaban J connectivity index is 2.30. The van der Waals surface area contributed by atoms with Gasteiger partial charge in [0.15, 0.2) is 0 Å². The van der Waals surface area contributed by atoms with Crippen molar-refractivity contribution in [1.82, 2.24) is 19.7 Å². The van der Waals surface area contributed by atoms with Crippen LogP contribution in [-0.4, -0.2) is 32.3 Å². The van der Waals surface area contributed by atoms with Crippen molar-refractivity contribution in [1.29, 1.82) is 0 Å². The second-order valence-corrected chi connectivity index (χ2v) is 5.06. The highest BCUT2D eigenvalue weighted by Crippen LogP contribution is 2.23. The molecule has 0 atom stereocenters. The number of nitrogens with zero attached hydrogens (tertiary/aromatic N) is 3. The number of carbonyl (C=O) groups excluding carboxylic acids is 1. The maximum atomic E-state index is 14.4. The minimum Gasteiger partial charge on any atom is -0.462 e. The summed E-state index contributed by atoms with van der Waals surface area (Å²) in [6, 6.07) is 1.10. The molecule has 0 saturated heterocycles. The van der Waals surface area contributed by atoms with Gasteiger partial charge in [0, 0.05) is 24.5 Å². The molecule has 3 aromatic rings. The Hall–Kier alpha value is -3.03. The van der Waals surface area contributed by atoms with Crippen LogP contribution in [0.1, 0.15) is 24.2 Å². The molecule has 7 nitrogen and oxygen atoms in total. The molecule has 0 fully saturated rings. The minimum atomic E-state index is -0.731. The number of rotatable bonds is 4. The zero-order valence-electron chi connectivity index (χ0n) is 13.2. The van der Waals surface area contributed by atoms with Gasteiger partial charge in [0.1, 0.15) is 22.7 Å². The standard InChI is InChI=1S/C16H15FN4O3/c1-3-21-8-11(16(23)24-4-2)14(22)10-5-12(17)13(20-15(10)21)9-6-18-19-7-9/h5-8H,3-4H2,1-2H3,(H,18,19). The molecule has 0 saturated carbocycles. The topological polar surface area (TPSA) is 89.9 Å². The summed E-state index contributed by atoms with van der Waals surface area (Å²) in [5.41, 5.74) is 0.121. The van der Waals surface area contributed by atoms with Crippen LogP contribution >= 0.6 is 0 Å². The van der Waals surface area contributed by atoms with Gasteiger partial charge in [-0.05, 0) is 19.9 Å². The third kappa shape index (κ3) is 2.55. The molecule has 0 aliphatic carbocycles. The third-order valence-electron chi connectivity index (χ3n) is 3.61. The predicted molar refractivity (Wildman–Crippen MR) is 85.2 cm³/mol. The van der Waals surface area contributed by atoms with Gasteiger partial charge in [-0.3, -0.25) is 9.89 Å². The number of aromatic amines is 1. The second kappa shape index (κ2) is 6.23. The van der Waals surface area contributed by atoms with E-state index in [1.165, 1.54) is 18.6 Å². The Bertz CT molecular complexity index is 964. The summed E-state index contributed by atoms with van der Waals surface area (Å²) in [5.74, 6) is -1.39.